The Morgan fingerprint density at radius 3 is 2.40 bits per heavy atom. The van der Waals surface area contributed by atoms with Crippen molar-refractivity contribution in [2.45, 2.75) is 33.2 Å². The van der Waals surface area contributed by atoms with Crippen molar-refractivity contribution in [1.29, 1.82) is 0 Å². The quantitative estimate of drug-likeness (QED) is 0.583. The Hall–Kier alpha value is -1.26. The second-order valence-corrected chi connectivity index (χ2v) is 3.93. The molecule has 1 N–H and O–H groups in total. The van der Waals surface area contributed by atoms with Crippen LogP contribution in [0.5, 0.6) is 0 Å². The Bertz CT molecular complexity index is 338. The van der Waals surface area contributed by atoms with E-state index in [1.54, 1.807) is 0 Å². The smallest absolute Gasteiger partial charge is 0.0578 e. The average Bonchev–Trinajstić information content (AvgIpc) is 2.25. The molecule has 15 heavy (non-hydrogen) atoms. The van der Waals surface area contributed by atoms with Crippen LogP contribution in [-0.2, 0) is 6.54 Å². The van der Waals surface area contributed by atoms with Crippen LogP contribution in [0.25, 0.3) is 0 Å². The van der Waals surface area contributed by atoms with Crippen LogP contribution in [0.1, 0.15) is 37.8 Å². The molecule has 0 heterocycles. The molecule has 80 valence electrons. The Labute approximate surface area is 92.9 Å². The molecule has 1 aromatic carbocycles. The van der Waals surface area contributed by atoms with Gasteiger partial charge in [-0.25, -0.2) is 0 Å². The second-order valence-electron chi connectivity index (χ2n) is 3.93. The highest BCUT2D eigenvalue weighted by atomic mass is 14.8. The largest absolute Gasteiger partial charge is 0.302 e. The topological polar surface area (TPSA) is 12.0 Å². The van der Waals surface area contributed by atoms with E-state index in [1.807, 2.05) is 6.92 Å². The molecular formula is C14H19N. The van der Waals surface area contributed by atoms with Gasteiger partial charge in [0.15, 0.2) is 0 Å². The van der Waals surface area contributed by atoms with Crippen LogP contribution in [0.15, 0.2) is 24.3 Å². The third-order valence-electron chi connectivity index (χ3n) is 2.37. The molecule has 0 saturated heterocycles. The van der Waals surface area contributed by atoms with Gasteiger partial charge in [-0.1, -0.05) is 44.0 Å². The minimum atomic E-state index is 0.609. The van der Waals surface area contributed by atoms with Crippen molar-refractivity contribution in [1.82, 2.24) is 5.32 Å². The fourth-order valence-corrected chi connectivity index (χ4v) is 1.38. The van der Waals surface area contributed by atoms with Crippen LogP contribution >= 0.6 is 0 Å². The maximum absolute atomic E-state index is 3.28. The van der Waals surface area contributed by atoms with E-state index < -0.39 is 0 Å². The van der Waals surface area contributed by atoms with Gasteiger partial charge in [0.25, 0.3) is 0 Å². The van der Waals surface area contributed by atoms with Crippen molar-refractivity contribution < 1.29 is 0 Å². The lowest BCUT2D eigenvalue weighted by atomic mass is 10.0. The Balaban J connectivity index is 2.45. The van der Waals surface area contributed by atoms with Crippen LogP contribution < -0.4 is 5.32 Å². The number of rotatable bonds is 4. The van der Waals surface area contributed by atoms with Crippen molar-refractivity contribution in [2.24, 2.45) is 0 Å². The van der Waals surface area contributed by atoms with Crippen molar-refractivity contribution in [3.05, 3.63) is 35.4 Å². The van der Waals surface area contributed by atoms with Gasteiger partial charge in [0.1, 0.15) is 0 Å². The zero-order chi connectivity index (χ0) is 11.1. The minimum Gasteiger partial charge on any atom is -0.302 e. The van der Waals surface area contributed by atoms with Gasteiger partial charge < -0.3 is 5.32 Å². The van der Waals surface area contributed by atoms with E-state index in [-0.39, 0.29) is 0 Å². The average molecular weight is 201 g/mol. The zero-order valence-corrected chi connectivity index (χ0v) is 9.80. The third-order valence-corrected chi connectivity index (χ3v) is 2.37. The molecule has 0 atom stereocenters. The first kappa shape index (κ1) is 11.8. The fraction of sp³-hybridized carbons (Fsp3) is 0.429. The fourth-order valence-electron chi connectivity index (χ4n) is 1.38. The molecule has 0 unspecified atom stereocenters. The first-order valence-corrected chi connectivity index (χ1v) is 5.43. The number of hydrogen-bond acceptors (Lipinski definition) is 1. The number of nitrogens with one attached hydrogen (secondary N) is 1. The standard InChI is InChI=1S/C14H19N/c1-4-5-10-15-11-13-6-8-14(9-7-13)12(2)3/h6-9,12,15H,10-11H2,1-3H3. The summed E-state index contributed by atoms with van der Waals surface area (Å²) in [6.45, 7) is 7.95. The highest BCUT2D eigenvalue weighted by Gasteiger charge is 1.98. The molecule has 1 aromatic rings. The molecule has 1 nitrogen and oxygen atoms in total. The monoisotopic (exact) mass is 201 g/mol. The van der Waals surface area contributed by atoms with Crippen molar-refractivity contribution in [3.63, 3.8) is 0 Å². The molecule has 0 bridgehead atoms. The molecule has 0 fully saturated rings. The first-order chi connectivity index (χ1) is 7.24. The summed E-state index contributed by atoms with van der Waals surface area (Å²) in [5.74, 6) is 6.46. The highest BCUT2D eigenvalue weighted by Crippen LogP contribution is 2.14. The molecular weight excluding hydrogens is 182 g/mol. The van der Waals surface area contributed by atoms with Crippen LogP contribution in [0.3, 0.4) is 0 Å². The maximum atomic E-state index is 3.28. The van der Waals surface area contributed by atoms with Crippen LogP contribution in [0.2, 0.25) is 0 Å². The third kappa shape index (κ3) is 4.18. The van der Waals surface area contributed by atoms with E-state index in [1.165, 1.54) is 11.1 Å². The predicted octanol–water partition coefficient (Wildman–Crippen LogP) is 2.92. The lowest BCUT2D eigenvalue weighted by Crippen LogP contribution is -2.13. The Kier molecular flexibility index (Phi) is 4.93. The summed E-state index contributed by atoms with van der Waals surface area (Å²) in [4.78, 5) is 0. The van der Waals surface area contributed by atoms with Crippen molar-refractivity contribution in [3.8, 4) is 11.8 Å². The highest BCUT2D eigenvalue weighted by molar-refractivity contribution is 5.24. The summed E-state index contributed by atoms with van der Waals surface area (Å²) < 4.78 is 0. The minimum absolute atomic E-state index is 0.609. The first-order valence-electron chi connectivity index (χ1n) is 5.43. The lowest BCUT2D eigenvalue weighted by molar-refractivity contribution is 0.768. The SMILES string of the molecule is CC#CCNCc1ccc(C(C)C)cc1. The summed E-state index contributed by atoms with van der Waals surface area (Å²) in [5.41, 5.74) is 2.71. The maximum Gasteiger partial charge on any atom is 0.0578 e. The molecule has 1 rings (SSSR count). The summed E-state index contributed by atoms with van der Waals surface area (Å²) in [6.07, 6.45) is 0. The van der Waals surface area contributed by atoms with E-state index >= 15 is 0 Å². The van der Waals surface area contributed by atoms with Crippen LogP contribution in [-0.4, -0.2) is 6.54 Å². The van der Waals surface area contributed by atoms with E-state index in [9.17, 15) is 0 Å². The second kappa shape index (κ2) is 6.27. The molecule has 1 heteroatoms. The van der Waals surface area contributed by atoms with Gasteiger partial charge in [0.2, 0.25) is 0 Å². The van der Waals surface area contributed by atoms with E-state index in [0.29, 0.717) is 5.92 Å². The normalized spacial score (nSPS) is 9.87. The van der Waals surface area contributed by atoms with Crippen LogP contribution in [0.4, 0.5) is 0 Å². The van der Waals surface area contributed by atoms with Gasteiger partial charge >= 0.3 is 0 Å². The molecule has 0 spiro atoms. The summed E-state index contributed by atoms with van der Waals surface area (Å²) in [7, 11) is 0. The van der Waals surface area contributed by atoms with Crippen LogP contribution in [0, 0.1) is 11.8 Å². The Morgan fingerprint density at radius 1 is 1.20 bits per heavy atom. The predicted molar refractivity (Wildman–Crippen MR) is 65.7 cm³/mol. The van der Waals surface area contributed by atoms with Gasteiger partial charge in [-0.2, -0.15) is 0 Å². The molecule has 0 aliphatic heterocycles. The summed E-state index contributed by atoms with van der Waals surface area (Å²) >= 11 is 0. The van der Waals surface area contributed by atoms with Gasteiger partial charge in [0.05, 0.1) is 6.54 Å². The van der Waals surface area contributed by atoms with E-state index in [4.69, 9.17) is 0 Å². The van der Waals surface area contributed by atoms with Gasteiger partial charge in [-0.15, -0.1) is 5.92 Å². The molecule has 0 radical (unpaired) electrons. The van der Waals surface area contributed by atoms with Gasteiger partial charge in [-0.3, -0.25) is 0 Å². The summed E-state index contributed by atoms with van der Waals surface area (Å²) in [5, 5.41) is 3.28. The number of benzene rings is 1. The van der Waals surface area contributed by atoms with E-state index in [0.717, 1.165) is 13.1 Å². The zero-order valence-electron chi connectivity index (χ0n) is 9.80. The molecule has 0 aliphatic carbocycles. The number of hydrogen-bond donors (Lipinski definition) is 1. The van der Waals surface area contributed by atoms with Gasteiger partial charge in [0, 0.05) is 6.54 Å². The van der Waals surface area contributed by atoms with E-state index in [2.05, 4.69) is 55.3 Å². The molecule has 0 aromatic heterocycles. The van der Waals surface area contributed by atoms with Crippen molar-refractivity contribution >= 4 is 0 Å². The lowest BCUT2D eigenvalue weighted by Gasteiger charge is -2.06. The summed E-state index contributed by atoms with van der Waals surface area (Å²) in [6, 6.07) is 8.77. The molecule has 0 aliphatic rings. The van der Waals surface area contributed by atoms with Gasteiger partial charge in [-0.05, 0) is 24.0 Å². The van der Waals surface area contributed by atoms with Crippen molar-refractivity contribution in [2.75, 3.05) is 6.54 Å². The Morgan fingerprint density at radius 2 is 1.87 bits per heavy atom. The molecule has 0 saturated carbocycles. The molecule has 0 amide bonds.